The van der Waals surface area contributed by atoms with E-state index in [1.807, 2.05) is 13.8 Å². The number of carbonyl (C=O) groups excluding carboxylic acids is 1. The van der Waals surface area contributed by atoms with Crippen molar-refractivity contribution < 1.29 is 9.53 Å². The van der Waals surface area contributed by atoms with E-state index in [1.165, 1.54) is 0 Å². The lowest BCUT2D eigenvalue weighted by Gasteiger charge is -2.13. The fourth-order valence-electron chi connectivity index (χ4n) is 1.88. The van der Waals surface area contributed by atoms with Crippen molar-refractivity contribution in [2.75, 3.05) is 7.11 Å². The van der Waals surface area contributed by atoms with E-state index in [1.54, 1.807) is 13.3 Å². The Bertz CT molecular complexity index is 456. The van der Waals surface area contributed by atoms with E-state index in [-0.39, 0.29) is 6.03 Å². The van der Waals surface area contributed by atoms with Crippen molar-refractivity contribution in [2.45, 2.75) is 39.3 Å². The van der Waals surface area contributed by atoms with Crippen molar-refractivity contribution in [2.24, 2.45) is 0 Å². The lowest BCUT2D eigenvalue weighted by molar-refractivity contribution is 0.240. The van der Waals surface area contributed by atoms with Gasteiger partial charge in [0.2, 0.25) is 0 Å². The number of nitrogens with one attached hydrogen (secondary N) is 2. The van der Waals surface area contributed by atoms with E-state index < -0.39 is 0 Å². The number of methoxy groups -OCH3 is 1. The Morgan fingerprint density at radius 3 is 2.83 bits per heavy atom. The van der Waals surface area contributed by atoms with Crippen molar-refractivity contribution in [3.05, 3.63) is 23.0 Å². The Hall–Kier alpha value is -1.78. The van der Waals surface area contributed by atoms with E-state index >= 15 is 0 Å². The van der Waals surface area contributed by atoms with Gasteiger partial charge in [-0.25, -0.2) is 4.79 Å². The molecule has 1 aromatic rings. The molecule has 0 saturated heterocycles. The zero-order chi connectivity index (χ0) is 13.1. The maximum atomic E-state index is 11.5. The molecule has 2 amide bonds. The first-order valence-electron chi connectivity index (χ1n) is 6.15. The summed E-state index contributed by atoms with van der Waals surface area (Å²) in [7, 11) is 1.65. The molecule has 1 fully saturated rings. The summed E-state index contributed by atoms with van der Waals surface area (Å²) < 4.78 is 5.33. The van der Waals surface area contributed by atoms with Crippen LogP contribution < -0.4 is 15.4 Å². The molecule has 0 aliphatic heterocycles. The lowest BCUT2D eigenvalue weighted by atomic mass is 10.1. The Balaban J connectivity index is 1.98. The summed E-state index contributed by atoms with van der Waals surface area (Å²) in [6.45, 7) is 4.32. The third kappa shape index (κ3) is 2.91. The van der Waals surface area contributed by atoms with Crippen LogP contribution in [-0.2, 0) is 6.54 Å². The van der Waals surface area contributed by atoms with Crippen molar-refractivity contribution >= 4 is 6.03 Å². The smallest absolute Gasteiger partial charge is 0.315 e. The summed E-state index contributed by atoms with van der Waals surface area (Å²) in [6.07, 6.45) is 3.94. The second kappa shape index (κ2) is 5.25. The van der Waals surface area contributed by atoms with Gasteiger partial charge in [-0.15, -0.1) is 0 Å². The highest BCUT2D eigenvalue weighted by atomic mass is 16.5. The van der Waals surface area contributed by atoms with Crippen molar-refractivity contribution in [3.63, 3.8) is 0 Å². The zero-order valence-corrected chi connectivity index (χ0v) is 11.0. The van der Waals surface area contributed by atoms with Crippen LogP contribution >= 0.6 is 0 Å². The molecular formula is C13H19N3O2. The van der Waals surface area contributed by atoms with Crippen LogP contribution in [-0.4, -0.2) is 24.2 Å². The predicted octanol–water partition coefficient (Wildman–Crippen LogP) is 1.67. The van der Waals surface area contributed by atoms with E-state index in [4.69, 9.17) is 4.74 Å². The number of aryl methyl sites for hydroxylation is 1. The number of urea groups is 1. The molecule has 18 heavy (non-hydrogen) atoms. The molecule has 1 aliphatic rings. The number of ether oxygens (including phenoxy) is 1. The molecule has 1 aliphatic carbocycles. The number of aromatic nitrogens is 1. The molecule has 0 aromatic carbocycles. The minimum atomic E-state index is -0.127. The largest absolute Gasteiger partial charge is 0.496 e. The van der Waals surface area contributed by atoms with Gasteiger partial charge in [-0.05, 0) is 26.7 Å². The van der Waals surface area contributed by atoms with Crippen LogP contribution in [0.5, 0.6) is 5.75 Å². The fourth-order valence-corrected chi connectivity index (χ4v) is 1.88. The monoisotopic (exact) mass is 249 g/mol. The van der Waals surface area contributed by atoms with E-state index in [9.17, 15) is 4.79 Å². The summed E-state index contributed by atoms with van der Waals surface area (Å²) >= 11 is 0. The maximum Gasteiger partial charge on any atom is 0.315 e. The number of pyridine rings is 1. The van der Waals surface area contributed by atoms with Crippen LogP contribution in [0.2, 0.25) is 0 Å². The molecule has 0 unspecified atom stereocenters. The van der Waals surface area contributed by atoms with Gasteiger partial charge in [0.25, 0.3) is 0 Å². The molecule has 98 valence electrons. The van der Waals surface area contributed by atoms with E-state index in [0.29, 0.717) is 12.6 Å². The normalized spacial score (nSPS) is 14.2. The highest BCUT2D eigenvalue weighted by Crippen LogP contribution is 2.23. The third-order valence-corrected chi connectivity index (χ3v) is 3.08. The molecule has 0 radical (unpaired) electrons. The summed E-state index contributed by atoms with van der Waals surface area (Å²) in [5.74, 6) is 0.837. The SMILES string of the molecule is COc1c(C)cnc(CNC(=O)NC2CC2)c1C. The molecule has 1 saturated carbocycles. The van der Waals surface area contributed by atoms with Crippen molar-refractivity contribution in [1.29, 1.82) is 0 Å². The number of amides is 2. The Labute approximate surface area is 107 Å². The maximum absolute atomic E-state index is 11.5. The first kappa shape index (κ1) is 12.7. The van der Waals surface area contributed by atoms with Crippen molar-refractivity contribution in [3.8, 4) is 5.75 Å². The summed E-state index contributed by atoms with van der Waals surface area (Å²) in [4.78, 5) is 15.8. The Morgan fingerprint density at radius 2 is 2.22 bits per heavy atom. The quantitative estimate of drug-likeness (QED) is 0.853. The molecule has 0 bridgehead atoms. The van der Waals surface area contributed by atoms with Crippen LogP contribution in [0.3, 0.4) is 0 Å². The zero-order valence-electron chi connectivity index (χ0n) is 11.0. The van der Waals surface area contributed by atoms with Crippen molar-refractivity contribution in [1.82, 2.24) is 15.6 Å². The molecule has 1 heterocycles. The molecule has 0 atom stereocenters. The van der Waals surface area contributed by atoms with Crippen LogP contribution in [0.15, 0.2) is 6.20 Å². The van der Waals surface area contributed by atoms with Crippen LogP contribution in [0.4, 0.5) is 4.79 Å². The summed E-state index contributed by atoms with van der Waals surface area (Å²) in [6, 6.07) is 0.241. The Kier molecular flexibility index (Phi) is 3.69. The van der Waals surface area contributed by atoms with Gasteiger partial charge in [-0.3, -0.25) is 4.98 Å². The van der Waals surface area contributed by atoms with Gasteiger partial charge in [0.15, 0.2) is 0 Å². The molecule has 5 heteroatoms. The van der Waals surface area contributed by atoms with Gasteiger partial charge in [0, 0.05) is 23.4 Å². The first-order valence-corrected chi connectivity index (χ1v) is 6.15. The minimum Gasteiger partial charge on any atom is -0.496 e. The number of rotatable bonds is 4. The van der Waals surface area contributed by atoms with E-state index in [2.05, 4.69) is 15.6 Å². The number of carbonyl (C=O) groups is 1. The van der Waals surface area contributed by atoms with Crippen LogP contribution in [0.25, 0.3) is 0 Å². The van der Waals surface area contributed by atoms with Gasteiger partial charge >= 0.3 is 6.03 Å². The van der Waals surface area contributed by atoms with E-state index in [0.717, 1.165) is 35.4 Å². The average Bonchev–Trinajstić information content (AvgIpc) is 3.12. The van der Waals surface area contributed by atoms with Gasteiger partial charge in [0.1, 0.15) is 5.75 Å². The molecule has 0 spiro atoms. The summed E-state index contributed by atoms with van der Waals surface area (Å²) in [5.41, 5.74) is 2.81. The molecule has 2 N–H and O–H groups in total. The van der Waals surface area contributed by atoms with Gasteiger partial charge in [0.05, 0.1) is 19.3 Å². The standard InChI is InChI=1S/C13H19N3O2/c1-8-6-14-11(9(2)12(8)18-3)7-15-13(17)16-10-4-5-10/h6,10H,4-5,7H2,1-3H3,(H2,15,16,17). The van der Waals surface area contributed by atoms with Gasteiger partial charge < -0.3 is 15.4 Å². The minimum absolute atomic E-state index is 0.127. The fraction of sp³-hybridized carbons (Fsp3) is 0.538. The lowest BCUT2D eigenvalue weighted by Crippen LogP contribution is -2.36. The van der Waals surface area contributed by atoms with Gasteiger partial charge in [-0.2, -0.15) is 0 Å². The number of hydrogen-bond donors (Lipinski definition) is 2. The Morgan fingerprint density at radius 1 is 1.50 bits per heavy atom. The second-order valence-electron chi connectivity index (χ2n) is 4.65. The predicted molar refractivity (Wildman–Crippen MR) is 68.7 cm³/mol. The molecular weight excluding hydrogens is 230 g/mol. The first-order chi connectivity index (χ1) is 8.61. The molecule has 2 rings (SSSR count). The number of hydrogen-bond acceptors (Lipinski definition) is 3. The highest BCUT2D eigenvalue weighted by molar-refractivity contribution is 5.74. The summed E-state index contributed by atoms with van der Waals surface area (Å²) in [5, 5.41) is 5.69. The molecule has 5 nitrogen and oxygen atoms in total. The average molecular weight is 249 g/mol. The topological polar surface area (TPSA) is 63.2 Å². The molecule has 1 aromatic heterocycles. The number of nitrogens with zero attached hydrogens (tertiary/aromatic N) is 1. The highest BCUT2D eigenvalue weighted by Gasteiger charge is 2.23. The van der Waals surface area contributed by atoms with Crippen LogP contribution in [0.1, 0.15) is 29.7 Å². The van der Waals surface area contributed by atoms with Crippen LogP contribution in [0, 0.1) is 13.8 Å². The third-order valence-electron chi connectivity index (χ3n) is 3.08. The second-order valence-corrected chi connectivity index (χ2v) is 4.65. The van der Waals surface area contributed by atoms with Gasteiger partial charge in [-0.1, -0.05) is 0 Å².